The Balaban J connectivity index is 2.87. The second kappa shape index (κ2) is 7.85. The Bertz CT molecular complexity index is 398. The predicted molar refractivity (Wildman–Crippen MR) is 77.3 cm³/mol. The molecule has 7 heteroatoms. The molecule has 0 saturated carbocycles. The van der Waals surface area contributed by atoms with E-state index in [0.29, 0.717) is 19.4 Å². The van der Waals surface area contributed by atoms with Gasteiger partial charge in [-0.1, -0.05) is 13.8 Å². The van der Waals surface area contributed by atoms with E-state index in [1.54, 1.807) is 0 Å². The molecule has 1 saturated heterocycles. The van der Waals surface area contributed by atoms with Crippen molar-refractivity contribution in [2.24, 2.45) is 11.7 Å². The fourth-order valence-corrected chi connectivity index (χ4v) is 2.64. The highest BCUT2D eigenvalue weighted by molar-refractivity contribution is 5.90. The first-order valence-corrected chi connectivity index (χ1v) is 7.31. The molecule has 0 radical (unpaired) electrons. The first kappa shape index (κ1) is 17.3. The molecule has 0 bridgehead atoms. The second-order valence-electron chi connectivity index (χ2n) is 5.76. The molecule has 0 spiro atoms. The van der Waals surface area contributed by atoms with Crippen molar-refractivity contribution in [2.75, 3.05) is 13.7 Å². The molecule has 2 unspecified atom stereocenters. The lowest BCUT2D eigenvalue weighted by molar-refractivity contribution is -0.155. The van der Waals surface area contributed by atoms with Crippen molar-refractivity contribution >= 4 is 17.9 Å². The van der Waals surface area contributed by atoms with Crippen LogP contribution in [0.4, 0.5) is 4.79 Å². The minimum Gasteiger partial charge on any atom is -0.467 e. The number of methoxy groups -OCH3 is 1. The number of carbonyl (C=O) groups is 3. The van der Waals surface area contributed by atoms with Gasteiger partial charge >= 0.3 is 12.0 Å². The van der Waals surface area contributed by atoms with Crippen LogP contribution in [0.25, 0.3) is 0 Å². The van der Waals surface area contributed by atoms with E-state index in [4.69, 9.17) is 10.5 Å². The maximum absolute atomic E-state index is 12.6. The van der Waals surface area contributed by atoms with Gasteiger partial charge in [0.15, 0.2) is 0 Å². The molecule has 0 aromatic rings. The molecule has 1 aliphatic rings. The molecule has 1 fully saturated rings. The maximum Gasteiger partial charge on any atom is 0.328 e. The van der Waals surface area contributed by atoms with Crippen molar-refractivity contribution in [3.63, 3.8) is 0 Å². The summed E-state index contributed by atoms with van der Waals surface area (Å²) in [6.07, 6.45) is 2.78. The van der Waals surface area contributed by atoms with Gasteiger partial charge in [0.1, 0.15) is 12.1 Å². The normalized spacial score (nSPS) is 20.0. The zero-order valence-electron chi connectivity index (χ0n) is 12.9. The van der Waals surface area contributed by atoms with Crippen LogP contribution in [-0.2, 0) is 14.3 Å². The van der Waals surface area contributed by atoms with Gasteiger partial charge in [-0.3, -0.25) is 4.79 Å². The molecule has 0 aliphatic carbocycles. The molecular formula is C14H25N3O4. The number of nitrogens with two attached hydrogens (primary N) is 1. The predicted octanol–water partition coefficient (Wildman–Crippen LogP) is 0.624. The number of primary amides is 1. The van der Waals surface area contributed by atoms with Crippen molar-refractivity contribution in [1.29, 1.82) is 0 Å². The zero-order chi connectivity index (χ0) is 16.0. The van der Waals surface area contributed by atoms with Gasteiger partial charge in [0.05, 0.1) is 7.11 Å². The number of piperidine rings is 1. The monoisotopic (exact) mass is 299 g/mol. The fourth-order valence-electron chi connectivity index (χ4n) is 2.64. The zero-order valence-corrected chi connectivity index (χ0v) is 12.9. The summed E-state index contributed by atoms with van der Waals surface area (Å²) in [7, 11) is 1.31. The van der Waals surface area contributed by atoms with Crippen LogP contribution in [0.2, 0.25) is 0 Å². The van der Waals surface area contributed by atoms with Crippen molar-refractivity contribution in [3.8, 4) is 0 Å². The number of carbonyl (C=O) groups excluding carboxylic acids is 3. The van der Waals surface area contributed by atoms with Gasteiger partial charge in [-0.2, -0.15) is 0 Å². The fraction of sp³-hybridized carbons (Fsp3) is 0.786. The maximum atomic E-state index is 12.6. The van der Waals surface area contributed by atoms with Crippen LogP contribution in [0.3, 0.4) is 0 Å². The number of hydrogen-bond acceptors (Lipinski definition) is 4. The summed E-state index contributed by atoms with van der Waals surface area (Å²) in [4.78, 5) is 37.1. The molecule has 2 atom stereocenters. The van der Waals surface area contributed by atoms with Gasteiger partial charge in [0.25, 0.3) is 0 Å². The summed E-state index contributed by atoms with van der Waals surface area (Å²) < 4.78 is 4.77. The van der Waals surface area contributed by atoms with Crippen molar-refractivity contribution in [1.82, 2.24) is 10.2 Å². The molecule has 1 aliphatic heterocycles. The van der Waals surface area contributed by atoms with Gasteiger partial charge < -0.3 is 20.7 Å². The van der Waals surface area contributed by atoms with Crippen LogP contribution < -0.4 is 11.1 Å². The number of ether oxygens (including phenoxy) is 1. The summed E-state index contributed by atoms with van der Waals surface area (Å²) in [5, 5.41) is 2.48. The number of nitrogens with one attached hydrogen (secondary N) is 1. The molecule has 1 heterocycles. The van der Waals surface area contributed by atoms with E-state index in [9.17, 15) is 14.4 Å². The SMILES string of the molecule is COC(=O)C1CCCCN1C(=O)C(CC(C)C)NC(N)=O. The Morgan fingerprint density at radius 2 is 2.00 bits per heavy atom. The largest absolute Gasteiger partial charge is 0.467 e. The van der Waals surface area contributed by atoms with Crippen molar-refractivity contribution < 1.29 is 19.1 Å². The topological polar surface area (TPSA) is 102 Å². The Kier molecular flexibility index (Phi) is 6.45. The van der Waals surface area contributed by atoms with Gasteiger partial charge in [-0.25, -0.2) is 9.59 Å². The average Bonchev–Trinajstić information content (AvgIpc) is 2.44. The summed E-state index contributed by atoms with van der Waals surface area (Å²) in [6, 6.07) is -2.01. The molecule has 3 N–H and O–H groups in total. The van der Waals surface area contributed by atoms with Crippen molar-refractivity contribution in [2.45, 2.75) is 51.6 Å². The van der Waals surface area contributed by atoms with E-state index in [1.165, 1.54) is 12.0 Å². The molecular weight excluding hydrogens is 274 g/mol. The minimum atomic E-state index is -0.736. The Labute approximate surface area is 125 Å². The van der Waals surface area contributed by atoms with E-state index in [0.717, 1.165) is 12.8 Å². The number of nitrogens with zero attached hydrogens (tertiary/aromatic N) is 1. The lowest BCUT2D eigenvalue weighted by Gasteiger charge is -2.36. The molecule has 120 valence electrons. The number of likely N-dealkylation sites (tertiary alicyclic amines) is 1. The molecule has 7 nitrogen and oxygen atoms in total. The standard InChI is InChI=1S/C14H25N3O4/c1-9(2)8-10(16-14(15)20)12(18)17-7-5-4-6-11(17)13(19)21-3/h9-11H,4-8H2,1-3H3,(H3,15,16,20). The first-order chi connectivity index (χ1) is 9.86. The molecule has 0 aromatic carbocycles. The van der Waals surface area contributed by atoms with Crippen LogP contribution in [0, 0.1) is 5.92 Å². The molecule has 3 amide bonds. The van der Waals surface area contributed by atoms with E-state index >= 15 is 0 Å². The number of amides is 3. The molecule has 21 heavy (non-hydrogen) atoms. The highest BCUT2D eigenvalue weighted by Crippen LogP contribution is 2.20. The Hall–Kier alpha value is -1.79. The summed E-state index contributed by atoms with van der Waals surface area (Å²) in [5.41, 5.74) is 5.14. The van der Waals surface area contributed by atoms with Crippen LogP contribution in [0.1, 0.15) is 39.5 Å². The van der Waals surface area contributed by atoms with Crippen LogP contribution in [0.15, 0.2) is 0 Å². The first-order valence-electron chi connectivity index (χ1n) is 7.31. The third-order valence-electron chi connectivity index (χ3n) is 3.58. The van der Waals surface area contributed by atoms with Gasteiger partial charge in [0, 0.05) is 6.54 Å². The van der Waals surface area contributed by atoms with E-state index in [-0.39, 0.29) is 11.8 Å². The Morgan fingerprint density at radius 3 is 2.52 bits per heavy atom. The lowest BCUT2D eigenvalue weighted by Crippen LogP contribution is -2.56. The van der Waals surface area contributed by atoms with Gasteiger partial charge in [-0.15, -0.1) is 0 Å². The number of urea groups is 1. The number of esters is 1. The third-order valence-corrected chi connectivity index (χ3v) is 3.58. The average molecular weight is 299 g/mol. The number of hydrogen-bond donors (Lipinski definition) is 2. The minimum absolute atomic E-state index is 0.215. The highest BCUT2D eigenvalue weighted by Gasteiger charge is 2.36. The van der Waals surface area contributed by atoms with Gasteiger partial charge in [-0.05, 0) is 31.6 Å². The third kappa shape index (κ3) is 4.91. The van der Waals surface area contributed by atoms with E-state index < -0.39 is 24.1 Å². The summed E-state index contributed by atoms with van der Waals surface area (Å²) >= 11 is 0. The van der Waals surface area contributed by atoms with Crippen LogP contribution >= 0.6 is 0 Å². The van der Waals surface area contributed by atoms with E-state index in [1.807, 2.05) is 13.8 Å². The van der Waals surface area contributed by atoms with Crippen LogP contribution in [-0.4, -0.2) is 48.5 Å². The summed E-state index contributed by atoms with van der Waals surface area (Å²) in [6.45, 7) is 4.40. The highest BCUT2D eigenvalue weighted by atomic mass is 16.5. The van der Waals surface area contributed by atoms with Gasteiger partial charge in [0.2, 0.25) is 5.91 Å². The van der Waals surface area contributed by atoms with E-state index in [2.05, 4.69) is 5.32 Å². The molecule has 1 rings (SSSR count). The van der Waals surface area contributed by atoms with Crippen LogP contribution in [0.5, 0.6) is 0 Å². The summed E-state index contributed by atoms with van der Waals surface area (Å²) in [5.74, 6) is -0.463. The smallest absolute Gasteiger partial charge is 0.328 e. The number of rotatable bonds is 5. The molecule has 0 aromatic heterocycles. The quantitative estimate of drug-likeness (QED) is 0.727. The second-order valence-corrected chi connectivity index (χ2v) is 5.76. The Morgan fingerprint density at radius 1 is 1.33 bits per heavy atom. The van der Waals surface area contributed by atoms with Crippen molar-refractivity contribution in [3.05, 3.63) is 0 Å². The lowest BCUT2D eigenvalue weighted by atomic mass is 9.98.